The molecule has 0 saturated carbocycles. The maximum Gasteiger partial charge on any atom is 0.258 e. The van der Waals surface area contributed by atoms with E-state index in [1.165, 1.54) is 17.3 Å². The number of aliphatic hydroxyl groups excluding tert-OH is 1. The van der Waals surface area contributed by atoms with Crippen molar-refractivity contribution < 1.29 is 5.11 Å². The van der Waals surface area contributed by atoms with Crippen LogP contribution >= 0.6 is 0 Å². The molecule has 2 aromatic heterocycles. The zero-order valence-electron chi connectivity index (χ0n) is 12.3. The van der Waals surface area contributed by atoms with Gasteiger partial charge in [-0.3, -0.25) is 0 Å². The predicted molar refractivity (Wildman–Crippen MR) is 78.5 cm³/mol. The van der Waals surface area contributed by atoms with E-state index in [-0.39, 0.29) is 6.61 Å². The fraction of sp³-hybridized carbons (Fsp3) is 0.583. The zero-order valence-corrected chi connectivity index (χ0v) is 12.3. The molecule has 21 heavy (non-hydrogen) atoms. The van der Waals surface area contributed by atoms with Gasteiger partial charge in [0.2, 0.25) is 11.9 Å². The fourth-order valence-electron chi connectivity index (χ4n) is 1.80. The van der Waals surface area contributed by atoms with Gasteiger partial charge in [-0.2, -0.15) is 24.7 Å². The molecule has 0 fully saturated rings. The van der Waals surface area contributed by atoms with E-state index >= 15 is 0 Å². The summed E-state index contributed by atoms with van der Waals surface area (Å²) in [5, 5.41) is 16.2. The van der Waals surface area contributed by atoms with Crippen molar-refractivity contribution in [2.75, 3.05) is 37.0 Å². The molecule has 0 bridgehead atoms. The highest BCUT2D eigenvalue weighted by Gasteiger charge is 2.14. The number of aliphatic hydroxyl groups is 1. The van der Waals surface area contributed by atoms with Crippen LogP contribution in [0.2, 0.25) is 0 Å². The van der Waals surface area contributed by atoms with Crippen LogP contribution in [0.25, 0.3) is 5.95 Å². The standard InChI is InChI=1S/C12H20N8O/c1-3-4-5-19(6-7-21)11-16-10(13-2)17-12(18-11)20-9-14-8-15-20/h8-9,21H,3-7H2,1-2H3,(H,13,16,17,18). The molecule has 0 saturated heterocycles. The van der Waals surface area contributed by atoms with E-state index in [0.717, 1.165) is 19.4 Å². The first-order chi connectivity index (χ1) is 10.3. The van der Waals surface area contributed by atoms with Crippen LogP contribution in [-0.2, 0) is 0 Å². The smallest absolute Gasteiger partial charge is 0.258 e. The summed E-state index contributed by atoms with van der Waals surface area (Å²) in [4.78, 5) is 18.8. The molecule has 0 unspecified atom stereocenters. The van der Waals surface area contributed by atoms with E-state index < -0.39 is 0 Å². The van der Waals surface area contributed by atoms with Crippen molar-refractivity contribution in [3.8, 4) is 5.95 Å². The highest BCUT2D eigenvalue weighted by atomic mass is 16.3. The molecule has 114 valence electrons. The van der Waals surface area contributed by atoms with Gasteiger partial charge in [0, 0.05) is 20.1 Å². The van der Waals surface area contributed by atoms with Gasteiger partial charge in [0.15, 0.2) is 0 Å². The average Bonchev–Trinajstić information content (AvgIpc) is 3.05. The quantitative estimate of drug-likeness (QED) is 0.705. The minimum Gasteiger partial charge on any atom is -0.395 e. The van der Waals surface area contributed by atoms with Crippen LogP contribution in [0, 0.1) is 0 Å². The van der Waals surface area contributed by atoms with Gasteiger partial charge in [-0.15, -0.1) is 0 Å². The number of unbranched alkanes of at least 4 members (excludes halogenated alkanes) is 1. The van der Waals surface area contributed by atoms with Gasteiger partial charge in [0.1, 0.15) is 12.7 Å². The lowest BCUT2D eigenvalue weighted by Crippen LogP contribution is -2.30. The molecule has 0 aliphatic rings. The average molecular weight is 292 g/mol. The van der Waals surface area contributed by atoms with E-state index in [9.17, 15) is 5.11 Å². The van der Waals surface area contributed by atoms with E-state index in [4.69, 9.17) is 0 Å². The molecule has 2 rings (SSSR count). The third kappa shape index (κ3) is 3.85. The molecule has 9 heteroatoms. The van der Waals surface area contributed by atoms with Crippen LogP contribution < -0.4 is 10.2 Å². The van der Waals surface area contributed by atoms with Crippen LogP contribution in [0.4, 0.5) is 11.9 Å². The number of hydrogen-bond acceptors (Lipinski definition) is 8. The fourth-order valence-corrected chi connectivity index (χ4v) is 1.80. The van der Waals surface area contributed by atoms with Crippen molar-refractivity contribution >= 4 is 11.9 Å². The predicted octanol–water partition coefficient (Wildman–Crippen LogP) is 0.0928. The first-order valence-electron chi connectivity index (χ1n) is 6.93. The summed E-state index contributed by atoms with van der Waals surface area (Å²) in [6.45, 7) is 3.42. The second kappa shape index (κ2) is 7.48. The highest BCUT2D eigenvalue weighted by molar-refractivity contribution is 5.39. The number of aromatic nitrogens is 6. The van der Waals surface area contributed by atoms with Gasteiger partial charge in [-0.1, -0.05) is 13.3 Å². The Morgan fingerprint density at radius 2 is 2.14 bits per heavy atom. The third-order valence-corrected chi connectivity index (χ3v) is 2.89. The van der Waals surface area contributed by atoms with Crippen molar-refractivity contribution in [1.82, 2.24) is 29.7 Å². The molecule has 9 nitrogen and oxygen atoms in total. The minimum absolute atomic E-state index is 0.0446. The van der Waals surface area contributed by atoms with Crippen molar-refractivity contribution in [3.63, 3.8) is 0 Å². The molecule has 0 radical (unpaired) electrons. The number of rotatable bonds is 8. The first kappa shape index (κ1) is 15.1. The SMILES string of the molecule is CCCCN(CCO)c1nc(NC)nc(-n2cncn2)n1. The lowest BCUT2D eigenvalue weighted by atomic mass is 10.3. The molecular formula is C12H20N8O. The molecule has 0 aliphatic carbocycles. The highest BCUT2D eigenvalue weighted by Crippen LogP contribution is 2.13. The Balaban J connectivity index is 2.34. The summed E-state index contributed by atoms with van der Waals surface area (Å²) >= 11 is 0. The Morgan fingerprint density at radius 1 is 1.29 bits per heavy atom. The maximum absolute atomic E-state index is 9.22. The zero-order chi connectivity index (χ0) is 15.1. The monoisotopic (exact) mass is 292 g/mol. The van der Waals surface area contributed by atoms with E-state index in [2.05, 4.69) is 37.3 Å². The van der Waals surface area contributed by atoms with E-state index in [1.807, 2.05) is 4.90 Å². The molecule has 0 aliphatic heterocycles. The maximum atomic E-state index is 9.22. The van der Waals surface area contributed by atoms with Crippen LogP contribution in [-0.4, -0.2) is 61.6 Å². The number of hydrogen-bond donors (Lipinski definition) is 2. The summed E-state index contributed by atoms with van der Waals surface area (Å²) in [7, 11) is 1.74. The lowest BCUT2D eigenvalue weighted by molar-refractivity contribution is 0.301. The lowest BCUT2D eigenvalue weighted by Gasteiger charge is -2.21. The Labute approximate surface area is 123 Å². The molecule has 2 N–H and O–H groups in total. The van der Waals surface area contributed by atoms with Crippen LogP contribution in [0.1, 0.15) is 19.8 Å². The van der Waals surface area contributed by atoms with Gasteiger partial charge >= 0.3 is 0 Å². The second-order valence-corrected chi connectivity index (χ2v) is 4.41. The molecule has 0 atom stereocenters. The molecule has 0 spiro atoms. The minimum atomic E-state index is 0.0446. The Hall–Kier alpha value is -2.29. The van der Waals surface area contributed by atoms with Crippen molar-refractivity contribution in [3.05, 3.63) is 12.7 Å². The van der Waals surface area contributed by atoms with Gasteiger partial charge in [-0.25, -0.2) is 4.98 Å². The van der Waals surface area contributed by atoms with Crippen molar-refractivity contribution in [1.29, 1.82) is 0 Å². The van der Waals surface area contributed by atoms with Crippen molar-refractivity contribution in [2.45, 2.75) is 19.8 Å². The second-order valence-electron chi connectivity index (χ2n) is 4.41. The molecule has 2 aromatic rings. The van der Waals surface area contributed by atoms with E-state index in [1.54, 1.807) is 7.05 Å². The normalized spacial score (nSPS) is 10.6. The van der Waals surface area contributed by atoms with Crippen LogP contribution in [0.15, 0.2) is 12.7 Å². The number of nitrogens with zero attached hydrogens (tertiary/aromatic N) is 7. The van der Waals surface area contributed by atoms with Gasteiger partial charge < -0.3 is 15.3 Å². The van der Waals surface area contributed by atoms with Crippen LogP contribution in [0.3, 0.4) is 0 Å². The van der Waals surface area contributed by atoms with Gasteiger partial charge in [0.05, 0.1) is 6.61 Å². The molecule has 0 amide bonds. The Bertz CT molecular complexity index is 544. The Morgan fingerprint density at radius 3 is 2.76 bits per heavy atom. The third-order valence-electron chi connectivity index (χ3n) is 2.89. The molecule has 0 aromatic carbocycles. The molecular weight excluding hydrogens is 272 g/mol. The summed E-state index contributed by atoms with van der Waals surface area (Å²) in [6, 6.07) is 0. The number of nitrogens with one attached hydrogen (secondary N) is 1. The topological polar surface area (TPSA) is 105 Å². The van der Waals surface area contributed by atoms with Gasteiger partial charge in [0.25, 0.3) is 5.95 Å². The largest absolute Gasteiger partial charge is 0.395 e. The molecule has 2 heterocycles. The number of anilines is 2. The summed E-state index contributed by atoms with van der Waals surface area (Å²) < 4.78 is 1.48. The summed E-state index contributed by atoms with van der Waals surface area (Å²) in [5.41, 5.74) is 0. The van der Waals surface area contributed by atoms with E-state index in [0.29, 0.717) is 24.4 Å². The van der Waals surface area contributed by atoms with Crippen molar-refractivity contribution in [2.24, 2.45) is 0 Å². The summed E-state index contributed by atoms with van der Waals surface area (Å²) in [6.07, 6.45) is 5.01. The first-order valence-corrected chi connectivity index (χ1v) is 6.93. The van der Waals surface area contributed by atoms with Crippen LogP contribution in [0.5, 0.6) is 0 Å². The van der Waals surface area contributed by atoms with Gasteiger partial charge in [-0.05, 0) is 6.42 Å². The Kier molecular flexibility index (Phi) is 5.38. The summed E-state index contributed by atoms with van der Waals surface area (Å²) in [5.74, 6) is 1.36.